The lowest BCUT2D eigenvalue weighted by Gasteiger charge is -2.29. The summed E-state index contributed by atoms with van der Waals surface area (Å²) in [4.78, 5) is 41.8. The van der Waals surface area contributed by atoms with Gasteiger partial charge < -0.3 is 24.4 Å². The van der Waals surface area contributed by atoms with Crippen LogP contribution in [0.3, 0.4) is 0 Å². The van der Waals surface area contributed by atoms with Gasteiger partial charge in [0.15, 0.2) is 5.71 Å². The normalized spacial score (nSPS) is 27.6. The topological polar surface area (TPSA) is 113 Å². The van der Waals surface area contributed by atoms with E-state index in [0.717, 1.165) is 0 Å². The van der Waals surface area contributed by atoms with Crippen LogP contribution in [0.4, 0.5) is 4.79 Å². The van der Waals surface area contributed by atoms with E-state index in [0.29, 0.717) is 0 Å². The minimum Gasteiger partial charge on any atom is -0.467 e. The average molecular weight is 356 g/mol. The third-order valence-corrected chi connectivity index (χ3v) is 4.01. The number of carbonyl (C=O) groups excluding carboxylic acids is 3. The molecule has 0 spiro atoms. The van der Waals surface area contributed by atoms with Gasteiger partial charge in [0.05, 0.1) is 19.6 Å². The van der Waals surface area contributed by atoms with Crippen LogP contribution < -0.4 is 5.32 Å². The summed E-state index contributed by atoms with van der Waals surface area (Å²) in [5.74, 6) is -1.68. The van der Waals surface area contributed by atoms with Gasteiger partial charge in [-0.2, -0.15) is 0 Å². The summed E-state index contributed by atoms with van der Waals surface area (Å²) >= 11 is 0. The molecule has 0 unspecified atom stereocenters. The third kappa shape index (κ3) is 4.02. The lowest BCUT2D eigenvalue weighted by atomic mass is 9.94. The van der Waals surface area contributed by atoms with Crippen molar-refractivity contribution in [3.05, 3.63) is 0 Å². The molecule has 1 aliphatic carbocycles. The first-order valence-electron chi connectivity index (χ1n) is 8.12. The molecule has 0 saturated heterocycles. The first-order valence-corrected chi connectivity index (χ1v) is 8.12. The molecular formula is C16H24N2O7. The van der Waals surface area contributed by atoms with Crippen LogP contribution in [0.15, 0.2) is 5.16 Å². The second-order valence-electron chi connectivity index (χ2n) is 7.06. The van der Waals surface area contributed by atoms with Gasteiger partial charge in [0.25, 0.3) is 0 Å². The quantitative estimate of drug-likeness (QED) is 0.594. The van der Waals surface area contributed by atoms with Gasteiger partial charge in [-0.15, -0.1) is 0 Å². The van der Waals surface area contributed by atoms with E-state index in [2.05, 4.69) is 10.5 Å². The van der Waals surface area contributed by atoms with E-state index in [-0.39, 0.29) is 25.2 Å². The lowest BCUT2D eigenvalue weighted by molar-refractivity contribution is -0.149. The molecule has 1 heterocycles. The number of alkyl carbamates (subject to hydrolysis) is 1. The number of nitrogens with zero attached hydrogens (tertiary/aromatic N) is 1. The number of carbonyl (C=O) groups is 3. The highest BCUT2D eigenvalue weighted by Crippen LogP contribution is 2.42. The van der Waals surface area contributed by atoms with Crippen molar-refractivity contribution >= 4 is 23.7 Å². The van der Waals surface area contributed by atoms with Crippen molar-refractivity contribution in [2.75, 3.05) is 13.7 Å². The van der Waals surface area contributed by atoms with Crippen LogP contribution in [0, 0.1) is 5.92 Å². The van der Waals surface area contributed by atoms with Gasteiger partial charge in [0, 0.05) is 6.42 Å². The zero-order valence-corrected chi connectivity index (χ0v) is 15.1. The molecule has 25 heavy (non-hydrogen) atoms. The number of ether oxygens (including phenoxy) is 3. The molecular weight excluding hydrogens is 332 g/mol. The second kappa shape index (κ2) is 6.89. The number of fused-ring (bicyclic) bond motifs is 1. The highest BCUT2D eigenvalue weighted by Gasteiger charge is 2.58. The molecule has 1 saturated carbocycles. The molecule has 1 N–H and O–H groups in total. The minimum absolute atomic E-state index is 0.112. The number of methoxy groups -OCH3 is 1. The number of nitrogens with one attached hydrogen (secondary N) is 1. The van der Waals surface area contributed by atoms with E-state index in [4.69, 9.17) is 19.0 Å². The average Bonchev–Trinajstić information content (AvgIpc) is 3.02. The molecule has 1 aliphatic heterocycles. The molecule has 3 atom stereocenters. The summed E-state index contributed by atoms with van der Waals surface area (Å²) in [7, 11) is 1.23. The Morgan fingerprint density at radius 1 is 1.32 bits per heavy atom. The predicted molar refractivity (Wildman–Crippen MR) is 85.8 cm³/mol. The van der Waals surface area contributed by atoms with E-state index in [1.165, 1.54) is 7.11 Å². The number of esters is 2. The van der Waals surface area contributed by atoms with Crippen LogP contribution in [-0.2, 0) is 28.6 Å². The van der Waals surface area contributed by atoms with Gasteiger partial charge in [0.1, 0.15) is 17.2 Å². The van der Waals surface area contributed by atoms with Crippen LogP contribution in [0.5, 0.6) is 0 Å². The third-order valence-electron chi connectivity index (χ3n) is 4.01. The van der Waals surface area contributed by atoms with Crippen LogP contribution in [0.25, 0.3) is 0 Å². The maximum atomic E-state index is 12.4. The Labute approximate surface area is 146 Å². The highest BCUT2D eigenvalue weighted by atomic mass is 16.6. The first kappa shape index (κ1) is 19.0. The Hall–Kier alpha value is -2.32. The summed E-state index contributed by atoms with van der Waals surface area (Å²) in [6, 6.07) is 0. The number of oxime groups is 1. The highest BCUT2D eigenvalue weighted by molar-refractivity contribution is 6.37. The van der Waals surface area contributed by atoms with E-state index in [1.54, 1.807) is 27.7 Å². The molecule has 0 radical (unpaired) electrons. The lowest BCUT2D eigenvalue weighted by Crippen LogP contribution is -2.55. The smallest absolute Gasteiger partial charge is 0.408 e. The Morgan fingerprint density at radius 3 is 2.56 bits per heavy atom. The molecule has 0 aromatic carbocycles. The van der Waals surface area contributed by atoms with Crippen molar-refractivity contribution < 1.29 is 33.4 Å². The van der Waals surface area contributed by atoms with Gasteiger partial charge in [0.2, 0.25) is 0 Å². The van der Waals surface area contributed by atoms with Gasteiger partial charge in [-0.25, -0.2) is 14.4 Å². The molecule has 2 rings (SSSR count). The van der Waals surface area contributed by atoms with Crippen molar-refractivity contribution in [3.8, 4) is 0 Å². The standard InChI is InChI=1S/C16H24N2O7/c1-6-23-12(19)11-9-7-16(13(20)22-5,8-10(9)25-18-11)17-14(21)24-15(2,3)4/h9-10H,6-8H2,1-5H3,(H,17,21)/t9-,10+,16-/m0/s1. The van der Waals surface area contributed by atoms with E-state index in [1.807, 2.05) is 0 Å². The Bertz CT molecular complexity index is 596. The molecule has 0 aromatic heterocycles. The summed E-state index contributed by atoms with van der Waals surface area (Å²) in [6.45, 7) is 7.04. The number of hydrogen-bond acceptors (Lipinski definition) is 8. The molecule has 0 bridgehead atoms. The minimum atomic E-state index is -1.35. The van der Waals surface area contributed by atoms with Gasteiger partial charge in [-0.05, 0) is 34.1 Å². The number of hydrogen-bond donors (Lipinski definition) is 1. The molecule has 9 heteroatoms. The summed E-state index contributed by atoms with van der Waals surface area (Å²) in [5, 5.41) is 6.37. The largest absolute Gasteiger partial charge is 0.467 e. The van der Waals surface area contributed by atoms with Crippen LogP contribution in [0.1, 0.15) is 40.5 Å². The molecule has 2 aliphatic rings. The van der Waals surface area contributed by atoms with E-state index < -0.39 is 41.2 Å². The number of rotatable bonds is 4. The van der Waals surface area contributed by atoms with Crippen molar-refractivity contribution in [3.63, 3.8) is 0 Å². The Balaban J connectivity index is 2.18. The summed E-state index contributed by atoms with van der Waals surface area (Å²) in [5.41, 5.74) is -1.95. The second-order valence-corrected chi connectivity index (χ2v) is 7.06. The van der Waals surface area contributed by atoms with Crippen LogP contribution >= 0.6 is 0 Å². The van der Waals surface area contributed by atoms with E-state index in [9.17, 15) is 14.4 Å². The fourth-order valence-corrected chi connectivity index (χ4v) is 3.06. The Morgan fingerprint density at radius 2 is 2.00 bits per heavy atom. The molecule has 1 fully saturated rings. The Kier molecular flexibility index (Phi) is 5.24. The SMILES string of the molecule is CCOC(=O)C1=NO[C@@H]2C[C@](NC(=O)OC(C)(C)C)(C(=O)OC)C[C@H]12. The first-order chi connectivity index (χ1) is 11.6. The summed E-state index contributed by atoms with van der Waals surface area (Å²) in [6.07, 6.45) is -1.03. The number of amides is 1. The monoisotopic (exact) mass is 356 g/mol. The van der Waals surface area contributed by atoms with Gasteiger partial charge in [-0.1, -0.05) is 5.16 Å². The predicted octanol–water partition coefficient (Wildman–Crippen LogP) is 1.15. The van der Waals surface area contributed by atoms with Crippen molar-refractivity contribution in [1.82, 2.24) is 5.32 Å². The van der Waals surface area contributed by atoms with E-state index >= 15 is 0 Å². The van der Waals surface area contributed by atoms with Gasteiger partial charge >= 0.3 is 18.0 Å². The van der Waals surface area contributed by atoms with Crippen molar-refractivity contribution in [2.45, 2.75) is 57.8 Å². The zero-order chi connectivity index (χ0) is 18.8. The fraction of sp³-hybridized carbons (Fsp3) is 0.750. The molecule has 1 amide bonds. The summed E-state index contributed by atoms with van der Waals surface area (Å²) < 4.78 is 15.0. The zero-order valence-electron chi connectivity index (χ0n) is 15.1. The maximum Gasteiger partial charge on any atom is 0.408 e. The fourth-order valence-electron chi connectivity index (χ4n) is 3.06. The van der Waals surface area contributed by atoms with Crippen LogP contribution in [0.2, 0.25) is 0 Å². The van der Waals surface area contributed by atoms with Crippen LogP contribution in [-0.4, -0.2) is 54.7 Å². The maximum absolute atomic E-state index is 12.4. The van der Waals surface area contributed by atoms with Crippen molar-refractivity contribution in [1.29, 1.82) is 0 Å². The molecule has 9 nitrogen and oxygen atoms in total. The molecule has 140 valence electrons. The van der Waals surface area contributed by atoms with Crippen molar-refractivity contribution in [2.24, 2.45) is 11.1 Å². The van der Waals surface area contributed by atoms with Gasteiger partial charge in [-0.3, -0.25) is 0 Å². The molecule has 0 aromatic rings.